The van der Waals surface area contributed by atoms with Gasteiger partial charge in [0.15, 0.2) is 0 Å². The molecule has 0 unspecified atom stereocenters. The average Bonchev–Trinajstić information content (AvgIpc) is 2.86. The van der Waals surface area contributed by atoms with Crippen molar-refractivity contribution in [1.82, 2.24) is 9.88 Å². The van der Waals surface area contributed by atoms with Gasteiger partial charge in [-0.05, 0) is 65.0 Å². The summed E-state index contributed by atoms with van der Waals surface area (Å²) >= 11 is 2.34. The highest BCUT2D eigenvalue weighted by Crippen LogP contribution is 2.21. The van der Waals surface area contributed by atoms with Crippen LogP contribution in [0.4, 0.5) is 0 Å². The van der Waals surface area contributed by atoms with Gasteiger partial charge in [0.2, 0.25) is 0 Å². The summed E-state index contributed by atoms with van der Waals surface area (Å²) < 4.78 is 3.59. The average molecular weight is 376 g/mol. The number of fused-ring (bicyclic) bond motifs is 1. The summed E-state index contributed by atoms with van der Waals surface area (Å²) in [5.41, 5.74) is 3.99. The van der Waals surface area contributed by atoms with Crippen LogP contribution in [0.2, 0.25) is 0 Å². The zero-order chi connectivity index (χ0) is 13.9. The Morgan fingerprint density at radius 2 is 1.85 bits per heavy atom. The Balaban J connectivity index is 1.96. The maximum absolute atomic E-state index is 3.23. The van der Waals surface area contributed by atoms with E-state index in [9.17, 15) is 0 Å². The number of halogens is 1. The minimum absolute atomic E-state index is 0.908. The maximum Gasteiger partial charge on any atom is 0.0486 e. The first-order chi connectivity index (χ1) is 9.78. The first kappa shape index (κ1) is 13.6. The molecule has 3 rings (SSSR count). The Hall–Kier alpha value is -1.33. The second-order valence-electron chi connectivity index (χ2n) is 4.95. The Kier molecular flexibility index (Phi) is 4.08. The largest absolute Gasteiger partial charge is 0.343 e. The molecule has 1 N–H and O–H groups in total. The molecule has 0 aliphatic rings. The summed E-state index contributed by atoms with van der Waals surface area (Å²) in [4.78, 5) is 0. The molecule has 3 heteroatoms. The van der Waals surface area contributed by atoms with Gasteiger partial charge in [-0.3, -0.25) is 0 Å². The van der Waals surface area contributed by atoms with Crippen molar-refractivity contribution in [2.75, 3.05) is 7.05 Å². The second kappa shape index (κ2) is 5.97. The molecular weight excluding hydrogens is 359 g/mol. The zero-order valence-corrected chi connectivity index (χ0v) is 13.6. The molecule has 2 nitrogen and oxygen atoms in total. The standard InChI is InChI=1S/C17H17IN2/c1-19-11-14-3-2-4-17-16(14)9-10-20(17)12-13-5-7-15(18)8-6-13/h2-10,19H,11-12H2,1H3. The summed E-state index contributed by atoms with van der Waals surface area (Å²) in [6.45, 7) is 1.83. The normalized spacial score (nSPS) is 11.1. The molecule has 0 saturated heterocycles. The lowest BCUT2D eigenvalue weighted by molar-refractivity contribution is 0.821. The molecule has 0 atom stereocenters. The van der Waals surface area contributed by atoms with Crippen LogP contribution in [0.1, 0.15) is 11.1 Å². The van der Waals surface area contributed by atoms with Gasteiger partial charge in [0, 0.05) is 33.8 Å². The third kappa shape index (κ3) is 2.74. The number of benzene rings is 2. The lowest BCUT2D eigenvalue weighted by atomic mass is 10.1. The van der Waals surface area contributed by atoms with Gasteiger partial charge in [-0.2, -0.15) is 0 Å². The summed E-state index contributed by atoms with van der Waals surface area (Å²) in [5, 5.41) is 4.57. The van der Waals surface area contributed by atoms with E-state index in [0.29, 0.717) is 0 Å². The molecule has 2 aromatic carbocycles. The van der Waals surface area contributed by atoms with Gasteiger partial charge in [0.05, 0.1) is 0 Å². The first-order valence-corrected chi connectivity index (χ1v) is 7.81. The highest BCUT2D eigenvalue weighted by molar-refractivity contribution is 14.1. The van der Waals surface area contributed by atoms with Crippen LogP contribution in [-0.2, 0) is 13.1 Å². The molecule has 102 valence electrons. The molecule has 0 saturated carbocycles. The molecule has 0 spiro atoms. The Morgan fingerprint density at radius 3 is 2.60 bits per heavy atom. The first-order valence-electron chi connectivity index (χ1n) is 6.74. The highest BCUT2D eigenvalue weighted by atomic mass is 127. The minimum atomic E-state index is 0.908. The van der Waals surface area contributed by atoms with E-state index in [4.69, 9.17) is 0 Å². The van der Waals surface area contributed by atoms with Gasteiger partial charge in [-0.1, -0.05) is 24.3 Å². The number of aromatic nitrogens is 1. The topological polar surface area (TPSA) is 17.0 Å². The molecule has 1 heterocycles. The third-order valence-electron chi connectivity index (χ3n) is 3.54. The van der Waals surface area contributed by atoms with Crippen LogP contribution in [0.3, 0.4) is 0 Å². The second-order valence-corrected chi connectivity index (χ2v) is 6.20. The van der Waals surface area contributed by atoms with Gasteiger partial charge < -0.3 is 9.88 Å². The summed E-state index contributed by atoms with van der Waals surface area (Å²) in [6.07, 6.45) is 2.18. The monoisotopic (exact) mass is 376 g/mol. The maximum atomic E-state index is 3.23. The smallest absolute Gasteiger partial charge is 0.0486 e. The quantitative estimate of drug-likeness (QED) is 0.681. The SMILES string of the molecule is CNCc1cccc2c1ccn2Cc1ccc(I)cc1. The van der Waals surface area contributed by atoms with E-state index in [1.807, 2.05) is 7.05 Å². The summed E-state index contributed by atoms with van der Waals surface area (Å²) in [6, 6.07) is 17.5. The van der Waals surface area contributed by atoms with Crippen molar-refractivity contribution in [3.05, 3.63) is 69.4 Å². The van der Waals surface area contributed by atoms with Crippen molar-refractivity contribution in [2.24, 2.45) is 0 Å². The number of hydrogen-bond acceptors (Lipinski definition) is 1. The van der Waals surface area contributed by atoms with Crippen molar-refractivity contribution >= 4 is 33.5 Å². The van der Waals surface area contributed by atoms with Gasteiger partial charge in [0.25, 0.3) is 0 Å². The van der Waals surface area contributed by atoms with E-state index < -0.39 is 0 Å². The van der Waals surface area contributed by atoms with E-state index in [0.717, 1.165) is 13.1 Å². The fraction of sp³-hybridized carbons (Fsp3) is 0.176. The number of nitrogens with zero attached hydrogens (tertiary/aromatic N) is 1. The van der Waals surface area contributed by atoms with Crippen LogP contribution in [-0.4, -0.2) is 11.6 Å². The van der Waals surface area contributed by atoms with Crippen LogP contribution in [0.25, 0.3) is 10.9 Å². The van der Waals surface area contributed by atoms with E-state index in [1.165, 1.54) is 25.6 Å². The van der Waals surface area contributed by atoms with Crippen LogP contribution in [0.5, 0.6) is 0 Å². The molecule has 1 aromatic heterocycles. The Morgan fingerprint density at radius 1 is 1.05 bits per heavy atom. The molecule has 0 fully saturated rings. The molecule has 0 amide bonds. The van der Waals surface area contributed by atoms with E-state index in [-0.39, 0.29) is 0 Å². The summed E-state index contributed by atoms with van der Waals surface area (Å²) in [7, 11) is 1.99. The highest BCUT2D eigenvalue weighted by Gasteiger charge is 2.05. The molecule has 0 bridgehead atoms. The fourth-order valence-electron chi connectivity index (χ4n) is 2.56. The lowest BCUT2D eigenvalue weighted by Crippen LogP contribution is -2.05. The van der Waals surface area contributed by atoms with E-state index >= 15 is 0 Å². The molecule has 0 radical (unpaired) electrons. The predicted molar refractivity (Wildman–Crippen MR) is 93.0 cm³/mol. The third-order valence-corrected chi connectivity index (χ3v) is 4.26. The van der Waals surface area contributed by atoms with Gasteiger partial charge in [-0.25, -0.2) is 0 Å². The van der Waals surface area contributed by atoms with Crippen LogP contribution in [0, 0.1) is 3.57 Å². The Bertz CT molecular complexity index is 713. The lowest BCUT2D eigenvalue weighted by Gasteiger charge is -2.07. The zero-order valence-electron chi connectivity index (χ0n) is 11.4. The summed E-state index contributed by atoms with van der Waals surface area (Å²) in [5.74, 6) is 0. The van der Waals surface area contributed by atoms with Gasteiger partial charge >= 0.3 is 0 Å². The molecule has 20 heavy (non-hydrogen) atoms. The predicted octanol–water partition coefficient (Wildman–Crippen LogP) is 4.01. The molecule has 3 aromatic rings. The molecular formula is C17H17IN2. The van der Waals surface area contributed by atoms with Gasteiger partial charge in [-0.15, -0.1) is 0 Å². The number of rotatable bonds is 4. The molecule has 0 aliphatic carbocycles. The van der Waals surface area contributed by atoms with Crippen molar-refractivity contribution in [2.45, 2.75) is 13.1 Å². The number of hydrogen-bond donors (Lipinski definition) is 1. The Labute approximate surface area is 132 Å². The van der Waals surface area contributed by atoms with E-state index in [1.54, 1.807) is 0 Å². The van der Waals surface area contributed by atoms with Crippen molar-refractivity contribution in [3.8, 4) is 0 Å². The van der Waals surface area contributed by atoms with Crippen LogP contribution in [0.15, 0.2) is 54.7 Å². The fourth-order valence-corrected chi connectivity index (χ4v) is 2.92. The molecule has 0 aliphatic heterocycles. The van der Waals surface area contributed by atoms with Crippen molar-refractivity contribution < 1.29 is 0 Å². The number of nitrogens with one attached hydrogen (secondary N) is 1. The van der Waals surface area contributed by atoms with Gasteiger partial charge in [0.1, 0.15) is 0 Å². The minimum Gasteiger partial charge on any atom is -0.343 e. The van der Waals surface area contributed by atoms with E-state index in [2.05, 4.69) is 87.2 Å². The van der Waals surface area contributed by atoms with Crippen LogP contribution >= 0.6 is 22.6 Å². The van der Waals surface area contributed by atoms with Crippen molar-refractivity contribution in [1.29, 1.82) is 0 Å². The van der Waals surface area contributed by atoms with Crippen LogP contribution < -0.4 is 5.32 Å². The van der Waals surface area contributed by atoms with Crippen molar-refractivity contribution in [3.63, 3.8) is 0 Å².